The molecule has 0 nitrogen and oxygen atoms in total. The van der Waals surface area contributed by atoms with Gasteiger partial charge in [0.1, 0.15) is 0 Å². The predicted molar refractivity (Wildman–Crippen MR) is 47.8 cm³/mol. The molecule has 0 unspecified atom stereocenters. The quantitative estimate of drug-likeness (QED) is 0.552. The number of hydrogen-bond donors (Lipinski definition) is 0. The number of rotatable bonds is 0. The monoisotopic (exact) mass is 220 g/mol. The van der Waals surface area contributed by atoms with Crippen molar-refractivity contribution in [3.8, 4) is 0 Å². The van der Waals surface area contributed by atoms with Crippen LogP contribution in [0.3, 0.4) is 0 Å². The lowest BCUT2D eigenvalue weighted by Gasteiger charge is -2.30. The Morgan fingerprint density at radius 2 is 1.00 bits per heavy atom. The van der Waals surface area contributed by atoms with E-state index >= 15 is 0 Å². The van der Waals surface area contributed by atoms with Gasteiger partial charge in [-0.1, -0.05) is 0 Å². The molecular weight excluding hydrogens is 214 g/mol. The molecule has 0 saturated heterocycles. The van der Waals surface area contributed by atoms with E-state index in [4.69, 9.17) is 46.4 Å². The van der Waals surface area contributed by atoms with Crippen molar-refractivity contribution in [2.24, 2.45) is 0 Å². The number of alkyl halides is 4. The Bertz CT molecular complexity index is 102. The normalized spacial score (nSPS) is 49.2. The molecule has 0 amide bonds. The van der Waals surface area contributed by atoms with Crippen molar-refractivity contribution < 1.29 is 0 Å². The summed E-state index contributed by atoms with van der Waals surface area (Å²) in [4.78, 5) is 0. The molecule has 0 aromatic rings. The largest absolute Gasteiger partial charge is 0.121 e. The van der Waals surface area contributed by atoms with Gasteiger partial charge in [0, 0.05) is 0 Å². The van der Waals surface area contributed by atoms with Crippen LogP contribution >= 0.6 is 46.4 Å². The Hall–Kier alpha value is 1.16. The van der Waals surface area contributed by atoms with Gasteiger partial charge in [-0.3, -0.25) is 0 Å². The van der Waals surface area contributed by atoms with Gasteiger partial charge in [0.15, 0.2) is 0 Å². The minimum Gasteiger partial charge on any atom is -0.121 e. The molecule has 1 aliphatic carbocycles. The second kappa shape index (κ2) is 3.71. The van der Waals surface area contributed by atoms with Crippen molar-refractivity contribution in [2.75, 3.05) is 0 Å². The first-order valence-corrected chi connectivity index (χ1v) is 4.94. The Morgan fingerprint density at radius 3 is 1.30 bits per heavy atom. The maximum absolute atomic E-state index is 5.86. The highest BCUT2D eigenvalue weighted by molar-refractivity contribution is 6.38. The Labute approximate surface area is 80.8 Å². The highest BCUT2D eigenvalue weighted by Gasteiger charge is 2.35. The van der Waals surface area contributed by atoms with Crippen LogP contribution in [0.5, 0.6) is 0 Å². The van der Waals surface area contributed by atoms with Crippen LogP contribution in [0.4, 0.5) is 0 Å². The second-order valence-electron chi connectivity index (χ2n) is 2.50. The average Bonchev–Trinajstić information content (AvgIpc) is 1.93. The van der Waals surface area contributed by atoms with Crippen molar-refractivity contribution in [1.82, 2.24) is 0 Å². The van der Waals surface area contributed by atoms with Crippen molar-refractivity contribution >= 4 is 46.4 Å². The zero-order chi connectivity index (χ0) is 7.72. The molecule has 0 radical (unpaired) electrons. The Kier molecular flexibility index (Phi) is 3.43. The van der Waals surface area contributed by atoms with Crippen LogP contribution in [-0.4, -0.2) is 21.5 Å². The van der Waals surface area contributed by atoms with Crippen molar-refractivity contribution in [2.45, 2.75) is 34.3 Å². The van der Waals surface area contributed by atoms with Gasteiger partial charge in [-0.05, 0) is 12.8 Å². The first kappa shape index (κ1) is 9.25. The van der Waals surface area contributed by atoms with E-state index in [1.165, 1.54) is 0 Å². The molecule has 0 aliphatic heterocycles. The second-order valence-corrected chi connectivity index (χ2v) is 4.63. The summed E-state index contributed by atoms with van der Waals surface area (Å²) in [7, 11) is 0. The summed E-state index contributed by atoms with van der Waals surface area (Å²) in [6.07, 6.45) is 1.74. The fourth-order valence-corrected chi connectivity index (χ4v) is 2.35. The third-order valence-corrected chi connectivity index (χ3v) is 4.23. The molecule has 4 heteroatoms. The third kappa shape index (κ3) is 1.85. The summed E-state index contributed by atoms with van der Waals surface area (Å²) in [5.41, 5.74) is 0. The number of hydrogen-bond acceptors (Lipinski definition) is 0. The zero-order valence-electron chi connectivity index (χ0n) is 5.24. The smallest absolute Gasteiger partial charge is 0.0677 e. The van der Waals surface area contributed by atoms with Gasteiger partial charge in [-0.25, -0.2) is 0 Å². The van der Waals surface area contributed by atoms with Gasteiger partial charge >= 0.3 is 0 Å². The molecule has 0 bridgehead atoms. The summed E-state index contributed by atoms with van der Waals surface area (Å²) in [5.74, 6) is 0. The van der Waals surface area contributed by atoms with E-state index in [1.54, 1.807) is 0 Å². The van der Waals surface area contributed by atoms with E-state index in [9.17, 15) is 0 Å². The first-order chi connectivity index (χ1) is 4.63. The molecule has 0 heterocycles. The maximum atomic E-state index is 5.86. The van der Waals surface area contributed by atoms with Crippen LogP contribution in [0, 0.1) is 0 Å². The minimum absolute atomic E-state index is 0.0147. The van der Waals surface area contributed by atoms with E-state index in [-0.39, 0.29) is 21.5 Å². The third-order valence-electron chi connectivity index (χ3n) is 1.71. The molecule has 1 aliphatic rings. The predicted octanol–water partition coefficient (Wildman–Crippen LogP) is 3.21. The summed E-state index contributed by atoms with van der Waals surface area (Å²) in [6, 6.07) is 0. The molecule has 1 saturated carbocycles. The summed E-state index contributed by atoms with van der Waals surface area (Å²) in [6.45, 7) is 0. The fourth-order valence-electron chi connectivity index (χ4n) is 1.04. The fraction of sp³-hybridized carbons (Fsp3) is 1.00. The van der Waals surface area contributed by atoms with Crippen LogP contribution in [0.2, 0.25) is 0 Å². The van der Waals surface area contributed by atoms with Crippen molar-refractivity contribution in [3.63, 3.8) is 0 Å². The van der Waals surface area contributed by atoms with Crippen LogP contribution in [0.15, 0.2) is 0 Å². The average molecular weight is 222 g/mol. The van der Waals surface area contributed by atoms with Gasteiger partial charge in [0.05, 0.1) is 21.5 Å². The van der Waals surface area contributed by atoms with Crippen LogP contribution < -0.4 is 0 Å². The van der Waals surface area contributed by atoms with E-state index in [2.05, 4.69) is 0 Å². The first-order valence-electron chi connectivity index (χ1n) is 3.19. The molecule has 60 valence electrons. The SMILES string of the molecule is Cl[C@@H]1[C@H](Cl)[C@H](Cl)CC[C@@H]1Cl. The van der Waals surface area contributed by atoms with Gasteiger partial charge in [-0.15, -0.1) is 46.4 Å². The van der Waals surface area contributed by atoms with Crippen LogP contribution in [0.1, 0.15) is 12.8 Å². The highest BCUT2D eigenvalue weighted by atomic mass is 35.5. The van der Waals surface area contributed by atoms with Crippen molar-refractivity contribution in [1.29, 1.82) is 0 Å². The van der Waals surface area contributed by atoms with E-state index in [0.29, 0.717) is 0 Å². The van der Waals surface area contributed by atoms with Gasteiger partial charge in [0.2, 0.25) is 0 Å². The molecule has 0 spiro atoms. The summed E-state index contributed by atoms with van der Waals surface area (Å²) < 4.78 is 0. The standard InChI is InChI=1S/C6H8Cl4/c7-3-1-2-4(8)6(10)5(3)9/h3-6H,1-2H2/t3-,4+,5-,6+. The molecule has 0 N–H and O–H groups in total. The van der Waals surface area contributed by atoms with Gasteiger partial charge < -0.3 is 0 Å². The Balaban J connectivity index is 2.52. The lowest BCUT2D eigenvalue weighted by Crippen LogP contribution is -2.37. The van der Waals surface area contributed by atoms with E-state index < -0.39 is 0 Å². The summed E-state index contributed by atoms with van der Waals surface area (Å²) in [5, 5.41) is -0.391. The lowest BCUT2D eigenvalue weighted by molar-refractivity contribution is 0.531. The topological polar surface area (TPSA) is 0 Å². The van der Waals surface area contributed by atoms with Gasteiger partial charge in [0.25, 0.3) is 0 Å². The van der Waals surface area contributed by atoms with E-state index in [1.807, 2.05) is 0 Å². The lowest BCUT2D eigenvalue weighted by atomic mass is 9.99. The van der Waals surface area contributed by atoms with Crippen LogP contribution in [-0.2, 0) is 0 Å². The van der Waals surface area contributed by atoms with Crippen molar-refractivity contribution in [3.05, 3.63) is 0 Å². The molecule has 10 heavy (non-hydrogen) atoms. The molecule has 1 fully saturated rings. The molecule has 0 aromatic heterocycles. The highest BCUT2D eigenvalue weighted by Crippen LogP contribution is 2.34. The number of halogens is 4. The van der Waals surface area contributed by atoms with Gasteiger partial charge in [-0.2, -0.15) is 0 Å². The maximum Gasteiger partial charge on any atom is 0.0677 e. The van der Waals surface area contributed by atoms with Crippen LogP contribution in [0.25, 0.3) is 0 Å². The zero-order valence-corrected chi connectivity index (χ0v) is 8.26. The van der Waals surface area contributed by atoms with E-state index in [0.717, 1.165) is 12.8 Å². The Morgan fingerprint density at radius 1 is 0.700 bits per heavy atom. The summed E-state index contributed by atoms with van der Waals surface area (Å²) >= 11 is 23.4. The molecular formula is C6H8Cl4. The molecule has 0 aromatic carbocycles. The molecule has 1 rings (SSSR count). The minimum atomic E-state index is -0.181. The molecule has 4 atom stereocenters.